The molecule has 1 aliphatic carbocycles. The number of methoxy groups -OCH3 is 2. The monoisotopic (exact) mass is 331 g/mol. The highest BCUT2D eigenvalue weighted by Gasteiger charge is 2.26. The van der Waals surface area contributed by atoms with Crippen molar-refractivity contribution in [2.24, 2.45) is 16.1 Å². The Balaban J connectivity index is 2.29. The molecule has 0 spiro atoms. The topological polar surface area (TPSA) is 85.9 Å². The van der Waals surface area contributed by atoms with Gasteiger partial charge in [-0.1, -0.05) is 13.8 Å². The number of allylic oxidation sites excluding steroid dienone is 2. The molecular weight excluding hydrogens is 306 g/mol. The number of carbonyl (C=O) groups excluding carboxylic acids is 1. The van der Waals surface area contributed by atoms with Crippen LogP contribution in [0.15, 0.2) is 35.0 Å². The maximum atomic E-state index is 11.0. The predicted molar refractivity (Wildman–Crippen MR) is 94.9 cm³/mol. The lowest BCUT2D eigenvalue weighted by Gasteiger charge is -2.31. The van der Waals surface area contributed by atoms with Crippen LogP contribution in [0.4, 0.5) is 5.69 Å². The van der Waals surface area contributed by atoms with Crippen LogP contribution in [-0.4, -0.2) is 32.4 Å². The van der Waals surface area contributed by atoms with Gasteiger partial charge in [0.1, 0.15) is 0 Å². The molecule has 1 amide bonds. The second kappa shape index (κ2) is 7.38. The summed E-state index contributed by atoms with van der Waals surface area (Å²) in [6, 6.07) is 5.57. The van der Waals surface area contributed by atoms with Crippen molar-refractivity contribution < 1.29 is 14.3 Å². The largest absolute Gasteiger partial charge is 0.493 e. The van der Waals surface area contributed by atoms with Crippen LogP contribution >= 0.6 is 0 Å². The number of primary amides is 1. The minimum Gasteiger partial charge on any atom is -0.493 e. The fourth-order valence-electron chi connectivity index (χ4n) is 2.82. The Bertz CT molecular complexity index is 678. The number of nitrogens with two attached hydrogens (primary N) is 1. The van der Waals surface area contributed by atoms with Gasteiger partial charge in [-0.05, 0) is 36.5 Å². The zero-order chi connectivity index (χ0) is 17.7. The van der Waals surface area contributed by atoms with Gasteiger partial charge in [0.05, 0.1) is 26.5 Å². The second-order valence-corrected chi connectivity index (χ2v) is 6.65. The first-order valence-corrected chi connectivity index (χ1v) is 7.85. The van der Waals surface area contributed by atoms with Crippen LogP contribution in [0.1, 0.15) is 26.7 Å². The lowest BCUT2D eigenvalue weighted by atomic mass is 9.78. The van der Waals surface area contributed by atoms with Gasteiger partial charge in [-0.15, -0.1) is 0 Å². The van der Waals surface area contributed by atoms with Crippen molar-refractivity contribution in [3.05, 3.63) is 30.0 Å². The van der Waals surface area contributed by atoms with Gasteiger partial charge < -0.3 is 20.5 Å². The van der Waals surface area contributed by atoms with E-state index in [-0.39, 0.29) is 17.9 Å². The first kappa shape index (κ1) is 17.8. The van der Waals surface area contributed by atoms with Crippen LogP contribution in [0.3, 0.4) is 0 Å². The van der Waals surface area contributed by atoms with Crippen molar-refractivity contribution in [3.63, 3.8) is 0 Å². The Morgan fingerprint density at radius 3 is 2.58 bits per heavy atom. The van der Waals surface area contributed by atoms with Gasteiger partial charge in [-0.3, -0.25) is 9.79 Å². The molecule has 0 aromatic heterocycles. The molecule has 130 valence electrons. The minimum atomic E-state index is -0.377. The molecule has 0 fully saturated rings. The van der Waals surface area contributed by atoms with Crippen LogP contribution in [-0.2, 0) is 4.79 Å². The fourth-order valence-corrected chi connectivity index (χ4v) is 2.82. The van der Waals surface area contributed by atoms with E-state index in [9.17, 15) is 4.79 Å². The molecule has 0 radical (unpaired) electrons. The normalized spacial score (nSPS) is 18.0. The summed E-state index contributed by atoms with van der Waals surface area (Å²) in [6.07, 6.45) is 3.69. The molecule has 1 aromatic rings. The van der Waals surface area contributed by atoms with Crippen molar-refractivity contribution in [3.8, 4) is 11.5 Å². The van der Waals surface area contributed by atoms with E-state index in [1.165, 1.54) is 0 Å². The third-order valence-corrected chi connectivity index (χ3v) is 3.80. The van der Waals surface area contributed by atoms with Gasteiger partial charge in [0.25, 0.3) is 0 Å². The number of rotatable bonds is 6. The summed E-state index contributed by atoms with van der Waals surface area (Å²) < 4.78 is 10.6. The first-order valence-electron chi connectivity index (χ1n) is 7.85. The predicted octanol–water partition coefficient (Wildman–Crippen LogP) is 2.56. The number of amides is 1. The highest BCUT2D eigenvalue weighted by Crippen LogP contribution is 2.35. The van der Waals surface area contributed by atoms with Crippen molar-refractivity contribution in [1.29, 1.82) is 0 Å². The van der Waals surface area contributed by atoms with E-state index in [0.717, 1.165) is 29.9 Å². The van der Waals surface area contributed by atoms with Gasteiger partial charge in [0.15, 0.2) is 11.5 Å². The van der Waals surface area contributed by atoms with Crippen LogP contribution in [0.5, 0.6) is 11.5 Å². The Morgan fingerprint density at radius 2 is 1.96 bits per heavy atom. The van der Waals surface area contributed by atoms with E-state index in [1.54, 1.807) is 14.2 Å². The van der Waals surface area contributed by atoms with Crippen molar-refractivity contribution in [1.82, 2.24) is 5.32 Å². The Labute approximate surface area is 142 Å². The highest BCUT2D eigenvalue weighted by molar-refractivity contribution is 5.98. The van der Waals surface area contributed by atoms with Crippen LogP contribution < -0.4 is 20.5 Å². The Morgan fingerprint density at radius 1 is 1.25 bits per heavy atom. The first-order chi connectivity index (χ1) is 11.3. The van der Waals surface area contributed by atoms with Gasteiger partial charge in [-0.25, -0.2) is 0 Å². The van der Waals surface area contributed by atoms with Crippen molar-refractivity contribution >= 4 is 17.3 Å². The third kappa shape index (κ3) is 4.75. The van der Waals surface area contributed by atoms with Gasteiger partial charge in [0, 0.05) is 17.5 Å². The SMILES string of the molecule is COc1ccc(N=C2C=C(NCC(N)=O)CC(C)(C)C2)cc1OC. The van der Waals surface area contributed by atoms with E-state index in [4.69, 9.17) is 20.2 Å². The van der Waals surface area contributed by atoms with E-state index < -0.39 is 0 Å². The maximum absolute atomic E-state index is 11.0. The number of benzene rings is 1. The molecule has 6 heteroatoms. The molecule has 0 saturated heterocycles. The lowest BCUT2D eigenvalue weighted by Crippen LogP contribution is -2.33. The number of nitrogens with zero attached hydrogens (tertiary/aromatic N) is 1. The molecule has 2 rings (SSSR count). The van der Waals surface area contributed by atoms with E-state index >= 15 is 0 Å². The smallest absolute Gasteiger partial charge is 0.236 e. The van der Waals surface area contributed by atoms with Gasteiger partial charge in [0.2, 0.25) is 5.91 Å². The average Bonchev–Trinajstić information content (AvgIpc) is 2.51. The Hall–Kier alpha value is -2.50. The maximum Gasteiger partial charge on any atom is 0.236 e. The van der Waals surface area contributed by atoms with Crippen molar-refractivity contribution in [2.45, 2.75) is 26.7 Å². The molecule has 0 aliphatic heterocycles. The minimum absolute atomic E-state index is 0.0596. The highest BCUT2D eigenvalue weighted by atomic mass is 16.5. The summed E-state index contributed by atoms with van der Waals surface area (Å²) in [7, 11) is 3.21. The zero-order valence-electron chi connectivity index (χ0n) is 14.7. The summed E-state index contributed by atoms with van der Waals surface area (Å²) >= 11 is 0. The standard InChI is InChI=1S/C18H25N3O3/c1-18(2)9-13(20-11-17(19)22)7-14(10-18)21-12-5-6-15(23-3)16(8-12)24-4/h5-8,20H,9-11H2,1-4H3,(H2,19,22). The van der Waals surface area contributed by atoms with Crippen LogP contribution in [0.2, 0.25) is 0 Å². The molecule has 3 N–H and O–H groups in total. The molecule has 0 unspecified atom stereocenters. The molecule has 6 nitrogen and oxygen atoms in total. The lowest BCUT2D eigenvalue weighted by molar-refractivity contribution is -0.117. The summed E-state index contributed by atoms with van der Waals surface area (Å²) in [5.74, 6) is 0.938. The van der Waals surface area contributed by atoms with E-state index in [0.29, 0.717) is 11.5 Å². The third-order valence-electron chi connectivity index (χ3n) is 3.80. The summed E-state index contributed by atoms with van der Waals surface area (Å²) in [6.45, 7) is 4.48. The summed E-state index contributed by atoms with van der Waals surface area (Å²) in [4.78, 5) is 15.7. The summed E-state index contributed by atoms with van der Waals surface area (Å²) in [5.41, 5.74) is 7.99. The molecular formula is C18H25N3O3. The zero-order valence-corrected chi connectivity index (χ0v) is 14.7. The number of hydrogen-bond acceptors (Lipinski definition) is 5. The summed E-state index contributed by atoms with van der Waals surface area (Å²) in [5, 5.41) is 3.09. The Kier molecular flexibility index (Phi) is 5.49. The number of hydrogen-bond donors (Lipinski definition) is 2. The van der Waals surface area contributed by atoms with Gasteiger partial charge in [-0.2, -0.15) is 0 Å². The molecule has 24 heavy (non-hydrogen) atoms. The molecule has 0 heterocycles. The number of ether oxygens (including phenoxy) is 2. The molecule has 0 bridgehead atoms. The number of nitrogens with one attached hydrogen (secondary N) is 1. The molecule has 1 aliphatic rings. The van der Waals surface area contributed by atoms with Crippen LogP contribution in [0.25, 0.3) is 0 Å². The number of carbonyl (C=O) groups is 1. The number of aliphatic imine (C=N–C) groups is 1. The second-order valence-electron chi connectivity index (χ2n) is 6.65. The van der Waals surface area contributed by atoms with Crippen molar-refractivity contribution in [2.75, 3.05) is 20.8 Å². The van der Waals surface area contributed by atoms with E-state index in [1.807, 2.05) is 24.3 Å². The fraction of sp³-hybridized carbons (Fsp3) is 0.444. The van der Waals surface area contributed by atoms with Gasteiger partial charge >= 0.3 is 0 Å². The quantitative estimate of drug-likeness (QED) is 0.839. The van der Waals surface area contributed by atoms with Crippen LogP contribution in [0, 0.1) is 5.41 Å². The molecule has 0 atom stereocenters. The average molecular weight is 331 g/mol. The molecule has 0 saturated carbocycles. The van der Waals surface area contributed by atoms with E-state index in [2.05, 4.69) is 19.2 Å². The molecule has 1 aromatic carbocycles.